The second-order valence-corrected chi connectivity index (χ2v) is 7.38. The van der Waals surface area contributed by atoms with Crippen molar-refractivity contribution in [1.29, 1.82) is 5.41 Å². The van der Waals surface area contributed by atoms with Crippen molar-refractivity contribution >= 4 is 23.1 Å². The highest BCUT2D eigenvalue weighted by molar-refractivity contribution is 6.31. The van der Waals surface area contributed by atoms with E-state index in [1.54, 1.807) is 6.07 Å². The molecule has 7 heteroatoms. The summed E-state index contributed by atoms with van der Waals surface area (Å²) in [5.41, 5.74) is 10.0. The number of hydrogen-bond donors (Lipinski definition) is 4. The summed E-state index contributed by atoms with van der Waals surface area (Å²) in [5.74, 6) is 1.27. The minimum Gasteiger partial charge on any atom is -0.488 e. The van der Waals surface area contributed by atoms with Gasteiger partial charge in [0, 0.05) is 22.3 Å². The lowest BCUT2D eigenvalue weighted by atomic mass is 10.1. The minimum absolute atomic E-state index is 0.0563. The molecule has 0 bridgehead atoms. The third-order valence-electron chi connectivity index (χ3n) is 4.79. The van der Waals surface area contributed by atoms with Crippen LogP contribution >= 0.6 is 11.6 Å². The van der Waals surface area contributed by atoms with E-state index >= 15 is 0 Å². The third kappa shape index (κ3) is 5.05. The average Bonchev–Trinajstić information content (AvgIpc) is 3.27. The van der Waals surface area contributed by atoms with Crippen LogP contribution in [0, 0.1) is 5.41 Å². The summed E-state index contributed by atoms with van der Waals surface area (Å²) in [4.78, 5) is 7.77. The number of aromatic amines is 1. The van der Waals surface area contributed by atoms with E-state index in [9.17, 15) is 0 Å². The van der Waals surface area contributed by atoms with Crippen molar-refractivity contribution in [2.75, 3.05) is 5.32 Å². The third-order valence-corrected chi connectivity index (χ3v) is 5.15. The molecule has 1 heterocycles. The molecule has 0 aliphatic heterocycles. The van der Waals surface area contributed by atoms with Crippen molar-refractivity contribution in [3.05, 3.63) is 101 Å². The van der Waals surface area contributed by atoms with Gasteiger partial charge in [0.2, 0.25) is 0 Å². The van der Waals surface area contributed by atoms with Crippen molar-refractivity contribution in [3.8, 4) is 17.0 Å². The molecule has 0 amide bonds. The maximum atomic E-state index is 7.83. The number of H-pyrrole nitrogens is 1. The lowest BCUT2D eigenvalue weighted by Crippen LogP contribution is -2.13. The average molecular weight is 432 g/mol. The highest BCUT2D eigenvalue weighted by Gasteiger charge is 2.10. The van der Waals surface area contributed by atoms with E-state index in [0.717, 1.165) is 28.3 Å². The zero-order valence-electron chi connectivity index (χ0n) is 16.7. The number of rotatable bonds is 8. The number of halogens is 1. The molecule has 0 saturated heterocycles. The van der Waals surface area contributed by atoms with Crippen molar-refractivity contribution in [1.82, 2.24) is 9.97 Å². The summed E-state index contributed by atoms with van der Waals surface area (Å²) in [6, 6.07) is 23.0. The van der Waals surface area contributed by atoms with Gasteiger partial charge in [-0.2, -0.15) is 0 Å². The number of anilines is 1. The van der Waals surface area contributed by atoms with Crippen molar-refractivity contribution in [3.63, 3.8) is 0 Å². The molecule has 1 aromatic heterocycles. The summed E-state index contributed by atoms with van der Waals surface area (Å²) < 4.78 is 5.95. The van der Waals surface area contributed by atoms with Crippen LogP contribution in [-0.2, 0) is 13.2 Å². The first-order valence-electron chi connectivity index (χ1n) is 9.78. The summed E-state index contributed by atoms with van der Waals surface area (Å²) in [6.45, 7) is 0.790. The SMILES string of the molecule is N=C(N)c1ccc(NCc2ncc(-c3ccccc3)[nH]2)cc1OCc1ccccc1Cl. The number of nitrogens with one attached hydrogen (secondary N) is 3. The van der Waals surface area contributed by atoms with Crippen LogP contribution in [0.3, 0.4) is 0 Å². The predicted molar refractivity (Wildman–Crippen MR) is 125 cm³/mol. The molecular weight excluding hydrogens is 410 g/mol. The summed E-state index contributed by atoms with van der Waals surface area (Å²) in [5, 5.41) is 11.8. The Morgan fingerprint density at radius 2 is 1.84 bits per heavy atom. The van der Waals surface area contributed by atoms with Gasteiger partial charge in [-0.05, 0) is 23.8 Å². The van der Waals surface area contributed by atoms with Gasteiger partial charge in [-0.25, -0.2) is 4.98 Å². The van der Waals surface area contributed by atoms with Gasteiger partial charge in [-0.3, -0.25) is 5.41 Å². The molecule has 4 rings (SSSR count). The molecule has 0 aliphatic rings. The number of nitrogens with two attached hydrogens (primary N) is 1. The molecule has 0 aliphatic carbocycles. The number of benzene rings is 3. The molecule has 0 unspecified atom stereocenters. The number of ether oxygens (including phenoxy) is 1. The molecular formula is C24H22ClN5O. The maximum absolute atomic E-state index is 7.83. The molecule has 0 radical (unpaired) electrons. The van der Waals surface area contributed by atoms with E-state index in [1.165, 1.54) is 0 Å². The van der Waals surface area contributed by atoms with Crippen molar-refractivity contribution in [2.45, 2.75) is 13.2 Å². The Bertz CT molecular complexity index is 1190. The molecule has 4 aromatic rings. The van der Waals surface area contributed by atoms with Gasteiger partial charge in [0.25, 0.3) is 0 Å². The quantitative estimate of drug-likeness (QED) is 0.227. The van der Waals surface area contributed by atoms with E-state index < -0.39 is 0 Å². The Hall–Kier alpha value is -3.77. The molecule has 156 valence electrons. The molecule has 3 aromatic carbocycles. The number of imidazole rings is 1. The highest BCUT2D eigenvalue weighted by atomic mass is 35.5. The molecule has 31 heavy (non-hydrogen) atoms. The lowest BCUT2D eigenvalue weighted by Gasteiger charge is -2.14. The zero-order chi connectivity index (χ0) is 21.6. The van der Waals surface area contributed by atoms with Gasteiger partial charge in [0.05, 0.1) is 24.0 Å². The zero-order valence-corrected chi connectivity index (χ0v) is 17.5. The van der Waals surface area contributed by atoms with E-state index in [-0.39, 0.29) is 12.4 Å². The normalized spacial score (nSPS) is 10.6. The van der Waals surface area contributed by atoms with Crippen LogP contribution in [-0.4, -0.2) is 15.8 Å². The van der Waals surface area contributed by atoms with Crippen LogP contribution < -0.4 is 15.8 Å². The van der Waals surface area contributed by atoms with E-state index in [0.29, 0.717) is 22.9 Å². The maximum Gasteiger partial charge on any atom is 0.132 e. The Labute approximate surface area is 185 Å². The van der Waals surface area contributed by atoms with E-state index in [4.69, 9.17) is 27.5 Å². The van der Waals surface area contributed by atoms with Crippen LogP contribution in [0.1, 0.15) is 17.0 Å². The van der Waals surface area contributed by atoms with Crippen LogP contribution in [0.15, 0.2) is 79.0 Å². The number of amidine groups is 1. The van der Waals surface area contributed by atoms with Gasteiger partial charge in [0.1, 0.15) is 24.0 Å². The second kappa shape index (κ2) is 9.36. The number of hydrogen-bond acceptors (Lipinski definition) is 4. The van der Waals surface area contributed by atoms with Crippen LogP contribution in [0.4, 0.5) is 5.69 Å². The minimum atomic E-state index is -0.0563. The van der Waals surface area contributed by atoms with Gasteiger partial charge in [-0.1, -0.05) is 60.1 Å². The standard InChI is InChI=1S/C24H22ClN5O/c25-20-9-5-4-8-17(20)15-31-22-12-18(10-11-19(22)24(26)27)28-14-23-29-13-21(30-23)16-6-2-1-3-7-16/h1-13,28H,14-15H2,(H3,26,27)(H,29,30). The Balaban J connectivity index is 1.46. The highest BCUT2D eigenvalue weighted by Crippen LogP contribution is 2.26. The molecule has 6 nitrogen and oxygen atoms in total. The first-order valence-corrected chi connectivity index (χ1v) is 10.2. The number of nitrogens with zero attached hydrogens (tertiary/aromatic N) is 1. The molecule has 0 spiro atoms. The molecule has 0 atom stereocenters. The van der Waals surface area contributed by atoms with Crippen LogP contribution in [0.5, 0.6) is 5.75 Å². The fourth-order valence-corrected chi connectivity index (χ4v) is 3.34. The lowest BCUT2D eigenvalue weighted by molar-refractivity contribution is 0.306. The Morgan fingerprint density at radius 1 is 1.06 bits per heavy atom. The fraction of sp³-hybridized carbons (Fsp3) is 0.0833. The van der Waals surface area contributed by atoms with Gasteiger partial charge in [0.15, 0.2) is 0 Å². The molecule has 0 saturated carbocycles. The monoisotopic (exact) mass is 431 g/mol. The summed E-state index contributed by atoms with van der Waals surface area (Å²) in [6.07, 6.45) is 1.82. The summed E-state index contributed by atoms with van der Waals surface area (Å²) in [7, 11) is 0. The van der Waals surface area contributed by atoms with Gasteiger partial charge < -0.3 is 20.8 Å². The molecule has 5 N–H and O–H groups in total. The van der Waals surface area contributed by atoms with E-state index in [2.05, 4.69) is 15.3 Å². The van der Waals surface area contributed by atoms with Gasteiger partial charge >= 0.3 is 0 Å². The number of nitrogen functional groups attached to an aromatic ring is 1. The van der Waals surface area contributed by atoms with E-state index in [1.807, 2.05) is 72.9 Å². The Morgan fingerprint density at radius 3 is 2.61 bits per heavy atom. The van der Waals surface area contributed by atoms with Crippen molar-refractivity contribution in [2.24, 2.45) is 5.73 Å². The first kappa shape index (κ1) is 20.5. The largest absolute Gasteiger partial charge is 0.488 e. The first-order chi connectivity index (χ1) is 15.1. The second-order valence-electron chi connectivity index (χ2n) is 6.97. The molecule has 0 fully saturated rings. The summed E-state index contributed by atoms with van der Waals surface area (Å²) >= 11 is 6.22. The number of aromatic nitrogens is 2. The van der Waals surface area contributed by atoms with Crippen molar-refractivity contribution < 1.29 is 4.74 Å². The van der Waals surface area contributed by atoms with Gasteiger partial charge in [-0.15, -0.1) is 0 Å². The van der Waals surface area contributed by atoms with Crippen LogP contribution in [0.25, 0.3) is 11.3 Å². The topological polar surface area (TPSA) is 99.8 Å². The van der Waals surface area contributed by atoms with Crippen LogP contribution in [0.2, 0.25) is 5.02 Å². The fourth-order valence-electron chi connectivity index (χ4n) is 3.15. The predicted octanol–water partition coefficient (Wildman–Crippen LogP) is 5.21. The Kier molecular flexibility index (Phi) is 6.19. The smallest absolute Gasteiger partial charge is 0.132 e.